The fourth-order valence-corrected chi connectivity index (χ4v) is 3.12. The van der Waals surface area contributed by atoms with Gasteiger partial charge >= 0.3 is 0 Å². The highest BCUT2D eigenvalue weighted by Crippen LogP contribution is 2.24. The average molecular weight is 379 g/mol. The third-order valence-electron chi connectivity index (χ3n) is 3.72. The molecule has 0 radical (unpaired) electrons. The molecule has 0 saturated heterocycles. The van der Waals surface area contributed by atoms with Crippen molar-refractivity contribution in [3.8, 4) is 0 Å². The Balaban J connectivity index is 2.15. The van der Waals surface area contributed by atoms with Gasteiger partial charge in [-0.1, -0.05) is 56.3 Å². The lowest BCUT2D eigenvalue weighted by molar-refractivity contribution is 0.716. The van der Waals surface area contributed by atoms with Gasteiger partial charge in [0.05, 0.1) is 0 Å². The highest BCUT2D eigenvalue weighted by Gasteiger charge is 2.12. The Labute approximate surface area is 135 Å². The zero-order valence-corrected chi connectivity index (χ0v) is 14.5. The van der Waals surface area contributed by atoms with Crippen LogP contribution in [0.25, 0.3) is 0 Å². The molecule has 0 heterocycles. The van der Waals surface area contributed by atoms with Crippen molar-refractivity contribution in [2.75, 3.05) is 0 Å². The second-order valence-corrected chi connectivity index (χ2v) is 6.76. The molecule has 2 heteroatoms. The molecule has 1 unspecified atom stereocenters. The van der Waals surface area contributed by atoms with Gasteiger partial charge in [0.2, 0.25) is 0 Å². The summed E-state index contributed by atoms with van der Waals surface area (Å²) >= 11 is 2.40. The van der Waals surface area contributed by atoms with E-state index in [0.717, 1.165) is 6.42 Å². The monoisotopic (exact) mass is 379 g/mol. The number of aryl methyl sites for hydroxylation is 1. The van der Waals surface area contributed by atoms with Crippen LogP contribution in [-0.2, 0) is 6.42 Å². The second kappa shape index (κ2) is 6.72. The van der Waals surface area contributed by atoms with Crippen molar-refractivity contribution in [3.05, 3.63) is 68.3 Å². The number of rotatable bonds is 4. The minimum absolute atomic E-state index is 0.0618. The average Bonchev–Trinajstić information content (AvgIpc) is 2.42. The van der Waals surface area contributed by atoms with E-state index in [2.05, 4.69) is 85.8 Å². The summed E-state index contributed by atoms with van der Waals surface area (Å²) in [4.78, 5) is 0. The van der Waals surface area contributed by atoms with E-state index < -0.39 is 0 Å². The highest BCUT2D eigenvalue weighted by atomic mass is 127. The fraction of sp³-hybridized carbons (Fsp3) is 0.333. The van der Waals surface area contributed by atoms with Crippen LogP contribution < -0.4 is 5.73 Å². The molecule has 106 valence electrons. The third kappa shape index (κ3) is 3.61. The van der Waals surface area contributed by atoms with Gasteiger partial charge in [-0.3, -0.25) is 0 Å². The number of hydrogen-bond donors (Lipinski definition) is 1. The van der Waals surface area contributed by atoms with Gasteiger partial charge in [-0.2, -0.15) is 0 Å². The standard InChI is InChI=1S/C18H22IN/c1-12(2)15-9-7-14(8-10-15)11-17(20)16-6-4-5-13(3)18(16)19/h4-10,12,17H,11,20H2,1-3H3. The molecule has 2 N–H and O–H groups in total. The van der Waals surface area contributed by atoms with Crippen molar-refractivity contribution in [3.63, 3.8) is 0 Å². The molecule has 2 aromatic carbocycles. The Bertz CT molecular complexity index is 572. The van der Waals surface area contributed by atoms with Crippen LogP contribution >= 0.6 is 22.6 Å². The summed E-state index contributed by atoms with van der Waals surface area (Å²) < 4.78 is 1.29. The van der Waals surface area contributed by atoms with Crippen LogP contribution in [0.4, 0.5) is 0 Å². The van der Waals surface area contributed by atoms with Crippen molar-refractivity contribution in [1.82, 2.24) is 0 Å². The van der Waals surface area contributed by atoms with Gasteiger partial charge in [-0.15, -0.1) is 0 Å². The van der Waals surface area contributed by atoms with Gasteiger partial charge in [0.1, 0.15) is 0 Å². The number of benzene rings is 2. The van der Waals surface area contributed by atoms with Gasteiger partial charge < -0.3 is 5.73 Å². The second-order valence-electron chi connectivity index (χ2n) is 5.69. The molecular weight excluding hydrogens is 357 g/mol. The van der Waals surface area contributed by atoms with Crippen LogP contribution in [0.2, 0.25) is 0 Å². The molecule has 20 heavy (non-hydrogen) atoms. The van der Waals surface area contributed by atoms with E-state index in [1.165, 1.54) is 25.8 Å². The molecule has 0 aromatic heterocycles. The zero-order chi connectivity index (χ0) is 14.7. The quantitative estimate of drug-likeness (QED) is 0.747. The summed E-state index contributed by atoms with van der Waals surface area (Å²) in [6, 6.07) is 15.3. The van der Waals surface area contributed by atoms with E-state index in [1.54, 1.807) is 0 Å². The molecule has 0 aliphatic rings. The molecule has 0 spiro atoms. The largest absolute Gasteiger partial charge is 0.324 e. The van der Waals surface area contributed by atoms with E-state index in [1.807, 2.05) is 0 Å². The topological polar surface area (TPSA) is 26.0 Å². The Morgan fingerprint density at radius 3 is 2.30 bits per heavy atom. The predicted molar refractivity (Wildman–Crippen MR) is 95.1 cm³/mol. The molecule has 0 aliphatic carbocycles. The molecule has 1 nitrogen and oxygen atoms in total. The van der Waals surface area contributed by atoms with E-state index in [-0.39, 0.29) is 6.04 Å². The lowest BCUT2D eigenvalue weighted by Gasteiger charge is -2.16. The highest BCUT2D eigenvalue weighted by molar-refractivity contribution is 14.1. The van der Waals surface area contributed by atoms with Gasteiger partial charge in [-0.05, 0) is 64.1 Å². The maximum Gasteiger partial charge on any atom is 0.0346 e. The van der Waals surface area contributed by atoms with Gasteiger partial charge in [0, 0.05) is 9.61 Å². The Morgan fingerprint density at radius 2 is 1.70 bits per heavy atom. The van der Waals surface area contributed by atoms with E-state index in [0.29, 0.717) is 5.92 Å². The summed E-state index contributed by atoms with van der Waals surface area (Å²) in [5.74, 6) is 0.579. The first-order valence-electron chi connectivity index (χ1n) is 7.08. The fourth-order valence-electron chi connectivity index (χ4n) is 2.36. The minimum Gasteiger partial charge on any atom is -0.324 e. The molecule has 2 rings (SSSR count). The maximum absolute atomic E-state index is 6.39. The van der Waals surface area contributed by atoms with Crippen molar-refractivity contribution >= 4 is 22.6 Å². The van der Waals surface area contributed by atoms with E-state index in [4.69, 9.17) is 5.73 Å². The molecule has 0 fully saturated rings. The SMILES string of the molecule is Cc1cccc(C(N)Cc2ccc(C(C)C)cc2)c1I. The van der Waals surface area contributed by atoms with Gasteiger partial charge in [-0.25, -0.2) is 0 Å². The first-order valence-corrected chi connectivity index (χ1v) is 8.16. The van der Waals surface area contributed by atoms with Gasteiger partial charge in [0.25, 0.3) is 0 Å². The Hall–Kier alpha value is -0.870. The lowest BCUT2D eigenvalue weighted by Crippen LogP contribution is -2.15. The molecule has 1 atom stereocenters. The first kappa shape index (κ1) is 15.5. The van der Waals surface area contributed by atoms with Crippen LogP contribution in [0.3, 0.4) is 0 Å². The molecule has 0 saturated carbocycles. The van der Waals surface area contributed by atoms with Crippen LogP contribution in [0.5, 0.6) is 0 Å². The predicted octanol–water partition coefficient (Wildman–Crippen LogP) is 4.97. The Morgan fingerprint density at radius 1 is 1.05 bits per heavy atom. The first-order chi connectivity index (χ1) is 9.49. The molecular formula is C18H22IN. The summed E-state index contributed by atoms with van der Waals surface area (Å²) in [6.07, 6.45) is 0.887. The van der Waals surface area contributed by atoms with Crippen molar-refractivity contribution in [1.29, 1.82) is 0 Å². The lowest BCUT2D eigenvalue weighted by atomic mass is 9.96. The van der Waals surface area contributed by atoms with E-state index in [9.17, 15) is 0 Å². The summed E-state index contributed by atoms with van der Waals surface area (Å²) in [7, 11) is 0. The van der Waals surface area contributed by atoms with Crippen molar-refractivity contribution in [2.24, 2.45) is 5.73 Å². The normalized spacial score (nSPS) is 12.7. The minimum atomic E-state index is 0.0618. The summed E-state index contributed by atoms with van der Waals surface area (Å²) in [6.45, 7) is 6.57. The van der Waals surface area contributed by atoms with Crippen LogP contribution in [0, 0.1) is 10.5 Å². The number of halogens is 1. The number of nitrogens with two attached hydrogens (primary N) is 1. The zero-order valence-electron chi connectivity index (χ0n) is 12.4. The smallest absolute Gasteiger partial charge is 0.0346 e. The van der Waals surface area contributed by atoms with Crippen LogP contribution in [-0.4, -0.2) is 0 Å². The Kier molecular flexibility index (Phi) is 5.22. The number of hydrogen-bond acceptors (Lipinski definition) is 1. The van der Waals surface area contributed by atoms with Crippen LogP contribution in [0.15, 0.2) is 42.5 Å². The van der Waals surface area contributed by atoms with Crippen molar-refractivity contribution in [2.45, 2.75) is 39.2 Å². The molecule has 0 aliphatic heterocycles. The molecule has 0 amide bonds. The molecule has 2 aromatic rings. The third-order valence-corrected chi connectivity index (χ3v) is 5.20. The van der Waals surface area contributed by atoms with E-state index >= 15 is 0 Å². The summed E-state index contributed by atoms with van der Waals surface area (Å²) in [5.41, 5.74) is 11.6. The maximum atomic E-state index is 6.39. The molecule has 0 bridgehead atoms. The van der Waals surface area contributed by atoms with Gasteiger partial charge in [0.15, 0.2) is 0 Å². The van der Waals surface area contributed by atoms with Crippen molar-refractivity contribution < 1.29 is 0 Å². The van der Waals surface area contributed by atoms with Crippen LogP contribution in [0.1, 0.15) is 48.1 Å². The summed E-state index contributed by atoms with van der Waals surface area (Å²) in [5, 5.41) is 0.